The van der Waals surface area contributed by atoms with Crippen molar-refractivity contribution in [2.75, 3.05) is 7.11 Å². The Kier molecular flexibility index (Phi) is 5.83. The lowest BCUT2D eigenvalue weighted by molar-refractivity contribution is -0.120. The second kappa shape index (κ2) is 7.84. The highest BCUT2D eigenvalue weighted by molar-refractivity contribution is 8.00. The van der Waals surface area contributed by atoms with Gasteiger partial charge in [-0.3, -0.25) is 4.79 Å². The van der Waals surface area contributed by atoms with Crippen LogP contribution in [0.3, 0.4) is 0 Å². The van der Waals surface area contributed by atoms with Crippen LogP contribution in [0.4, 0.5) is 4.39 Å². The fourth-order valence-corrected chi connectivity index (χ4v) is 2.77. The van der Waals surface area contributed by atoms with Gasteiger partial charge >= 0.3 is 0 Å². The van der Waals surface area contributed by atoms with E-state index in [-0.39, 0.29) is 17.0 Å². The lowest BCUT2D eigenvalue weighted by atomic mass is 10.2. The SMILES string of the molecule is COc1ccc(CNC(=O)[C@@H](C)Sc2ccccc2F)cc1. The summed E-state index contributed by atoms with van der Waals surface area (Å²) in [5.41, 5.74) is 0.984. The fraction of sp³-hybridized carbons (Fsp3) is 0.235. The minimum absolute atomic E-state index is 0.121. The third-order valence-electron chi connectivity index (χ3n) is 3.14. The fourth-order valence-electron chi connectivity index (χ4n) is 1.86. The molecule has 0 unspecified atom stereocenters. The predicted octanol–water partition coefficient (Wildman–Crippen LogP) is 3.63. The minimum atomic E-state index is -0.366. The topological polar surface area (TPSA) is 38.3 Å². The Labute approximate surface area is 133 Å². The Morgan fingerprint density at radius 2 is 1.91 bits per heavy atom. The number of carbonyl (C=O) groups excluding carboxylic acids is 1. The van der Waals surface area contributed by atoms with Gasteiger partial charge in [-0.15, -0.1) is 11.8 Å². The normalized spacial score (nSPS) is 11.8. The molecular weight excluding hydrogens is 301 g/mol. The maximum Gasteiger partial charge on any atom is 0.233 e. The van der Waals surface area contributed by atoms with Crippen molar-refractivity contribution < 1.29 is 13.9 Å². The number of amides is 1. The molecule has 3 nitrogen and oxygen atoms in total. The van der Waals surface area contributed by atoms with E-state index in [1.54, 1.807) is 32.2 Å². The van der Waals surface area contributed by atoms with E-state index in [2.05, 4.69) is 5.32 Å². The minimum Gasteiger partial charge on any atom is -0.497 e. The number of hydrogen-bond donors (Lipinski definition) is 1. The molecule has 116 valence electrons. The number of benzene rings is 2. The van der Waals surface area contributed by atoms with Crippen LogP contribution < -0.4 is 10.1 Å². The zero-order valence-electron chi connectivity index (χ0n) is 12.5. The molecule has 5 heteroatoms. The maximum absolute atomic E-state index is 13.6. The van der Waals surface area contributed by atoms with E-state index in [0.717, 1.165) is 11.3 Å². The molecular formula is C17H18FNO2S. The summed E-state index contributed by atoms with van der Waals surface area (Å²) in [6.45, 7) is 2.20. The van der Waals surface area contributed by atoms with Crippen LogP contribution in [0.5, 0.6) is 5.75 Å². The van der Waals surface area contributed by atoms with Crippen molar-refractivity contribution in [3.63, 3.8) is 0 Å². The van der Waals surface area contributed by atoms with Crippen LogP contribution in [-0.2, 0) is 11.3 Å². The molecule has 2 aromatic carbocycles. The monoisotopic (exact) mass is 319 g/mol. The Balaban J connectivity index is 1.87. The molecule has 0 aliphatic heterocycles. The van der Waals surface area contributed by atoms with Crippen molar-refractivity contribution in [2.45, 2.75) is 23.6 Å². The first-order valence-corrected chi connectivity index (χ1v) is 7.80. The Morgan fingerprint density at radius 3 is 2.55 bits per heavy atom. The van der Waals surface area contributed by atoms with E-state index < -0.39 is 0 Å². The van der Waals surface area contributed by atoms with Gasteiger partial charge in [0.1, 0.15) is 11.6 Å². The number of ether oxygens (including phenoxy) is 1. The summed E-state index contributed by atoms with van der Waals surface area (Å²) < 4.78 is 18.7. The van der Waals surface area contributed by atoms with Gasteiger partial charge in [-0.25, -0.2) is 4.39 Å². The summed E-state index contributed by atoms with van der Waals surface area (Å²) in [6, 6.07) is 13.9. The van der Waals surface area contributed by atoms with Crippen LogP contribution in [0.2, 0.25) is 0 Å². The number of hydrogen-bond acceptors (Lipinski definition) is 3. The molecule has 0 spiro atoms. The Bertz CT molecular complexity index is 631. The average molecular weight is 319 g/mol. The predicted molar refractivity (Wildman–Crippen MR) is 86.6 cm³/mol. The first kappa shape index (κ1) is 16.4. The van der Waals surface area contributed by atoms with Crippen molar-refractivity contribution in [1.82, 2.24) is 5.32 Å². The van der Waals surface area contributed by atoms with Gasteiger partial charge in [0, 0.05) is 11.4 Å². The van der Waals surface area contributed by atoms with Gasteiger partial charge < -0.3 is 10.1 Å². The molecule has 0 fully saturated rings. The highest BCUT2D eigenvalue weighted by Gasteiger charge is 2.15. The maximum atomic E-state index is 13.6. The largest absolute Gasteiger partial charge is 0.497 e. The van der Waals surface area contributed by atoms with E-state index in [9.17, 15) is 9.18 Å². The van der Waals surface area contributed by atoms with Gasteiger partial charge in [-0.05, 0) is 36.8 Å². The van der Waals surface area contributed by atoms with Crippen LogP contribution in [0.1, 0.15) is 12.5 Å². The molecule has 0 saturated carbocycles. The smallest absolute Gasteiger partial charge is 0.233 e. The summed E-state index contributed by atoms with van der Waals surface area (Å²) in [4.78, 5) is 12.6. The van der Waals surface area contributed by atoms with E-state index in [4.69, 9.17) is 4.74 Å². The summed E-state index contributed by atoms with van der Waals surface area (Å²) in [7, 11) is 1.61. The van der Waals surface area contributed by atoms with Crippen molar-refractivity contribution in [3.8, 4) is 5.75 Å². The second-order valence-electron chi connectivity index (χ2n) is 4.76. The average Bonchev–Trinajstić information content (AvgIpc) is 2.55. The van der Waals surface area contributed by atoms with E-state index in [1.165, 1.54) is 17.8 Å². The zero-order valence-corrected chi connectivity index (χ0v) is 13.3. The van der Waals surface area contributed by atoms with Gasteiger partial charge in [0.05, 0.1) is 12.4 Å². The van der Waals surface area contributed by atoms with Crippen LogP contribution in [0.25, 0.3) is 0 Å². The van der Waals surface area contributed by atoms with E-state index in [0.29, 0.717) is 11.4 Å². The van der Waals surface area contributed by atoms with Gasteiger partial charge in [0.25, 0.3) is 0 Å². The highest BCUT2D eigenvalue weighted by atomic mass is 32.2. The number of thioether (sulfide) groups is 1. The van der Waals surface area contributed by atoms with Crippen molar-refractivity contribution in [1.29, 1.82) is 0 Å². The molecule has 0 aliphatic carbocycles. The molecule has 0 heterocycles. The number of rotatable bonds is 6. The lowest BCUT2D eigenvalue weighted by Gasteiger charge is -2.12. The summed E-state index contributed by atoms with van der Waals surface area (Å²) in [6.07, 6.45) is 0. The highest BCUT2D eigenvalue weighted by Crippen LogP contribution is 2.25. The van der Waals surface area contributed by atoms with Crippen molar-refractivity contribution >= 4 is 17.7 Å². The van der Waals surface area contributed by atoms with Crippen molar-refractivity contribution in [3.05, 3.63) is 59.9 Å². The standard InChI is InChI=1S/C17H18FNO2S/c1-12(22-16-6-4-3-5-15(16)18)17(20)19-11-13-7-9-14(21-2)10-8-13/h3-10,12H,11H2,1-2H3,(H,19,20)/t12-/m1/s1. The van der Waals surface area contributed by atoms with E-state index in [1.807, 2.05) is 24.3 Å². The number of nitrogens with one attached hydrogen (secondary N) is 1. The molecule has 1 N–H and O–H groups in total. The van der Waals surface area contributed by atoms with Crippen LogP contribution in [0.15, 0.2) is 53.4 Å². The summed E-state index contributed by atoms with van der Waals surface area (Å²) in [5, 5.41) is 2.49. The second-order valence-corrected chi connectivity index (χ2v) is 6.14. The Morgan fingerprint density at radius 1 is 1.23 bits per heavy atom. The van der Waals surface area contributed by atoms with Crippen LogP contribution in [-0.4, -0.2) is 18.3 Å². The summed E-state index contributed by atoms with van der Waals surface area (Å²) >= 11 is 1.21. The third kappa shape index (κ3) is 4.49. The first-order valence-electron chi connectivity index (χ1n) is 6.92. The number of carbonyl (C=O) groups is 1. The molecule has 2 rings (SSSR count). The first-order chi connectivity index (χ1) is 10.6. The molecule has 0 bridgehead atoms. The molecule has 1 atom stereocenters. The number of halogens is 1. The summed E-state index contributed by atoms with van der Waals surface area (Å²) in [5.74, 6) is 0.352. The molecule has 2 aromatic rings. The molecule has 0 aliphatic rings. The molecule has 1 amide bonds. The van der Waals surface area contributed by atoms with E-state index >= 15 is 0 Å². The van der Waals surface area contributed by atoms with Crippen LogP contribution >= 0.6 is 11.8 Å². The number of methoxy groups -OCH3 is 1. The molecule has 0 aromatic heterocycles. The van der Waals surface area contributed by atoms with Crippen molar-refractivity contribution in [2.24, 2.45) is 0 Å². The lowest BCUT2D eigenvalue weighted by Crippen LogP contribution is -2.30. The van der Waals surface area contributed by atoms with Crippen LogP contribution in [0, 0.1) is 5.82 Å². The van der Waals surface area contributed by atoms with Gasteiger partial charge in [0.2, 0.25) is 5.91 Å². The van der Waals surface area contributed by atoms with Gasteiger partial charge in [0.15, 0.2) is 0 Å². The quantitative estimate of drug-likeness (QED) is 0.826. The Hall–Kier alpha value is -2.01. The zero-order chi connectivity index (χ0) is 15.9. The third-order valence-corrected chi connectivity index (χ3v) is 4.29. The van der Waals surface area contributed by atoms with Gasteiger partial charge in [-0.1, -0.05) is 24.3 Å². The van der Waals surface area contributed by atoms with Gasteiger partial charge in [-0.2, -0.15) is 0 Å². The molecule has 0 radical (unpaired) electrons. The molecule has 22 heavy (non-hydrogen) atoms. The molecule has 0 saturated heterocycles.